The first kappa shape index (κ1) is 10.2. The Hall–Kier alpha value is -1.92. The highest BCUT2D eigenvalue weighted by atomic mass is 19.3. The third-order valence-electron chi connectivity index (χ3n) is 1.51. The highest BCUT2D eigenvalue weighted by Gasteiger charge is 2.25. The molecule has 0 aromatic carbocycles. The first-order chi connectivity index (χ1) is 6.57. The van der Waals surface area contributed by atoms with Crippen molar-refractivity contribution in [2.24, 2.45) is 0 Å². The lowest BCUT2D eigenvalue weighted by Crippen LogP contribution is -2.02. The maximum absolute atomic E-state index is 12.3. The molecule has 5 nitrogen and oxygen atoms in total. The number of aldehydes is 1. The molecule has 0 spiro atoms. The number of hydrogen-bond donors (Lipinski definition) is 0. The smallest absolute Gasteiger partial charge is 0.296 e. The Labute approximate surface area is 76.5 Å². The number of aromatic nitrogens is 1. The zero-order chi connectivity index (χ0) is 10.7. The number of carbonyl (C=O) groups excluding carboxylic acids is 1. The van der Waals surface area contributed by atoms with Gasteiger partial charge in [0.05, 0.1) is 10.5 Å². The molecule has 0 bridgehead atoms. The Morgan fingerprint density at radius 3 is 2.64 bits per heavy atom. The molecule has 0 aliphatic rings. The van der Waals surface area contributed by atoms with E-state index in [9.17, 15) is 23.7 Å². The summed E-state index contributed by atoms with van der Waals surface area (Å²) in [6.07, 6.45) is -2.00. The van der Waals surface area contributed by atoms with Gasteiger partial charge in [0.15, 0.2) is 12.0 Å². The van der Waals surface area contributed by atoms with Gasteiger partial charge in [0, 0.05) is 6.20 Å². The maximum atomic E-state index is 12.3. The molecule has 0 fully saturated rings. The summed E-state index contributed by atoms with van der Waals surface area (Å²) < 4.78 is 24.5. The fourth-order valence-corrected chi connectivity index (χ4v) is 0.947. The first-order valence-corrected chi connectivity index (χ1v) is 3.44. The van der Waals surface area contributed by atoms with Crippen LogP contribution in [0.2, 0.25) is 0 Å². The summed E-state index contributed by atoms with van der Waals surface area (Å²) in [6.45, 7) is 0. The van der Waals surface area contributed by atoms with Gasteiger partial charge < -0.3 is 0 Å². The number of alkyl halides is 2. The van der Waals surface area contributed by atoms with Crippen LogP contribution in [0.1, 0.15) is 22.5 Å². The van der Waals surface area contributed by atoms with Crippen LogP contribution in [0.3, 0.4) is 0 Å². The van der Waals surface area contributed by atoms with Gasteiger partial charge >= 0.3 is 5.69 Å². The maximum Gasteiger partial charge on any atom is 0.307 e. The Morgan fingerprint density at radius 2 is 2.21 bits per heavy atom. The lowest BCUT2D eigenvalue weighted by Gasteiger charge is -2.01. The van der Waals surface area contributed by atoms with Crippen molar-refractivity contribution in [3.05, 3.63) is 33.6 Å². The first-order valence-electron chi connectivity index (χ1n) is 3.44. The molecular weight excluding hydrogens is 198 g/mol. The third kappa shape index (κ3) is 1.70. The molecule has 0 unspecified atom stereocenters. The van der Waals surface area contributed by atoms with Crippen LogP contribution in [-0.4, -0.2) is 16.2 Å². The summed E-state index contributed by atoms with van der Waals surface area (Å²) in [7, 11) is 0. The Bertz CT molecular complexity index is 381. The van der Waals surface area contributed by atoms with Crippen LogP contribution in [-0.2, 0) is 0 Å². The van der Waals surface area contributed by atoms with Crippen LogP contribution in [0, 0.1) is 10.1 Å². The molecule has 14 heavy (non-hydrogen) atoms. The van der Waals surface area contributed by atoms with Gasteiger partial charge in [0.2, 0.25) is 0 Å². The number of rotatable bonds is 3. The van der Waals surface area contributed by atoms with E-state index in [4.69, 9.17) is 0 Å². The number of halogens is 2. The molecule has 7 heteroatoms. The fourth-order valence-electron chi connectivity index (χ4n) is 0.947. The van der Waals surface area contributed by atoms with Gasteiger partial charge in [-0.05, 0) is 6.07 Å². The standard InChI is InChI=1S/C7H4F2N2O3/c8-7(9)4-1-2-10-5(3-12)6(4)11(13)14/h1-3,7H. The molecule has 0 N–H and O–H groups in total. The van der Waals surface area contributed by atoms with E-state index in [1.165, 1.54) is 0 Å². The second-order valence-corrected chi connectivity index (χ2v) is 2.31. The molecule has 0 aliphatic heterocycles. The minimum absolute atomic E-state index is 0.0734. The van der Waals surface area contributed by atoms with E-state index in [1.54, 1.807) is 0 Å². The molecule has 0 aliphatic carbocycles. The van der Waals surface area contributed by atoms with E-state index in [2.05, 4.69) is 4.98 Å². The number of nitrogens with zero attached hydrogens (tertiary/aromatic N) is 2. The monoisotopic (exact) mass is 202 g/mol. The summed E-state index contributed by atoms with van der Waals surface area (Å²) in [5, 5.41) is 10.4. The Kier molecular flexibility index (Phi) is 2.80. The second kappa shape index (κ2) is 3.86. The summed E-state index contributed by atoms with van der Waals surface area (Å²) in [5.74, 6) is 0. The third-order valence-corrected chi connectivity index (χ3v) is 1.51. The van der Waals surface area contributed by atoms with E-state index >= 15 is 0 Å². The highest BCUT2D eigenvalue weighted by Crippen LogP contribution is 2.29. The zero-order valence-corrected chi connectivity index (χ0v) is 6.68. The van der Waals surface area contributed by atoms with E-state index in [0.717, 1.165) is 12.3 Å². The second-order valence-electron chi connectivity index (χ2n) is 2.31. The number of carbonyl (C=O) groups is 1. The topological polar surface area (TPSA) is 73.1 Å². The van der Waals surface area contributed by atoms with Gasteiger partial charge in [-0.2, -0.15) is 0 Å². The largest absolute Gasteiger partial charge is 0.307 e. The lowest BCUT2D eigenvalue weighted by atomic mass is 10.2. The molecule has 1 aromatic rings. The molecular formula is C7H4F2N2O3. The molecule has 74 valence electrons. The van der Waals surface area contributed by atoms with Crippen LogP contribution in [0.4, 0.5) is 14.5 Å². The van der Waals surface area contributed by atoms with Crippen molar-refractivity contribution in [1.82, 2.24) is 4.98 Å². The SMILES string of the molecule is O=Cc1nccc(C(F)F)c1[N+](=O)[O-]. The van der Waals surface area contributed by atoms with Crippen molar-refractivity contribution in [1.29, 1.82) is 0 Å². The van der Waals surface area contributed by atoms with Crippen molar-refractivity contribution in [3.8, 4) is 0 Å². The molecule has 0 radical (unpaired) electrons. The number of nitro groups is 1. The molecule has 1 heterocycles. The van der Waals surface area contributed by atoms with Crippen LogP contribution >= 0.6 is 0 Å². The molecule has 1 aromatic heterocycles. The highest BCUT2D eigenvalue weighted by molar-refractivity contribution is 5.79. The van der Waals surface area contributed by atoms with Gasteiger partial charge in [0.1, 0.15) is 0 Å². The normalized spacial score (nSPS) is 10.2. The van der Waals surface area contributed by atoms with E-state index in [-0.39, 0.29) is 6.29 Å². The predicted octanol–water partition coefficient (Wildman–Crippen LogP) is 1.74. The average molecular weight is 202 g/mol. The lowest BCUT2D eigenvalue weighted by molar-refractivity contribution is -0.386. The molecule has 0 atom stereocenters. The van der Waals surface area contributed by atoms with Crippen molar-refractivity contribution in [3.63, 3.8) is 0 Å². The zero-order valence-electron chi connectivity index (χ0n) is 6.68. The molecule has 0 saturated carbocycles. The minimum Gasteiger partial charge on any atom is -0.296 e. The van der Waals surface area contributed by atoms with Crippen LogP contribution in [0.25, 0.3) is 0 Å². The van der Waals surface area contributed by atoms with Crippen molar-refractivity contribution in [2.45, 2.75) is 6.43 Å². The number of pyridine rings is 1. The van der Waals surface area contributed by atoms with E-state index in [1.807, 2.05) is 0 Å². The summed E-state index contributed by atoms with van der Waals surface area (Å²) in [6, 6.07) is 0.815. The van der Waals surface area contributed by atoms with Crippen LogP contribution in [0.15, 0.2) is 12.3 Å². The van der Waals surface area contributed by atoms with E-state index < -0.39 is 28.3 Å². The minimum atomic E-state index is -3.00. The molecule has 0 amide bonds. The van der Waals surface area contributed by atoms with Gasteiger partial charge in [-0.1, -0.05) is 0 Å². The summed E-state index contributed by atoms with van der Waals surface area (Å²) in [4.78, 5) is 22.9. The van der Waals surface area contributed by atoms with Gasteiger partial charge in [0.25, 0.3) is 6.43 Å². The number of hydrogen-bond acceptors (Lipinski definition) is 4. The van der Waals surface area contributed by atoms with E-state index in [0.29, 0.717) is 0 Å². The molecule has 1 rings (SSSR count). The van der Waals surface area contributed by atoms with Crippen LogP contribution in [0.5, 0.6) is 0 Å². The van der Waals surface area contributed by atoms with Gasteiger partial charge in [-0.3, -0.25) is 14.9 Å². The predicted molar refractivity (Wildman–Crippen MR) is 41.2 cm³/mol. The quantitative estimate of drug-likeness (QED) is 0.425. The van der Waals surface area contributed by atoms with Gasteiger partial charge in [-0.25, -0.2) is 13.8 Å². The van der Waals surface area contributed by atoms with Gasteiger partial charge in [-0.15, -0.1) is 0 Å². The summed E-state index contributed by atoms with van der Waals surface area (Å²) >= 11 is 0. The van der Waals surface area contributed by atoms with Crippen molar-refractivity contribution < 1.29 is 18.5 Å². The Morgan fingerprint density at radius 1 is 1.57 bits per heavy atom. The average Bonchev–Trinajstić information content (AvgIpc) is 2.16. The van der Waals surface area contributed by atoms with Crippen LogP contribution < -0.4 is 0 Å². The molecule has 0 saturated heterocycles. The Balaban J connectivity index is 3.43. The van der Waals surface area contributed by atoms with Crippen molar-refractivity contribution >= 4 is 12.0 Å². The fraction of sp³-hybridized carbons (Fsp3) is 0.143. The summed E-state index contributed by atoms with van der Waals surface area (Å²) in [5.41, 5.74) is -2.32. The van der Waals surface area contributed by atoms with Crippen molar-refractivity contribution in [2.75, 3.05) is 0 Å².